The molecule has 5 nitrogen and oxygen atoms in total. The molecule has 3 aromatic rings. The van der Waals surface area contributed by atoms with E-state index in [4.69, 9.17) is 4.42 Å². The van der Waals surface area contributed by atoms with Gasteiger partial charge in [0.05, 0.1) is 16.9 Å². The lowest BCUT2D eigenvalue weighted by molar-refractivity contribution is 0.580. The molecule has 3 heterocycles. The number of rotatable bonds is 2. The second kappa shape index (κ2) is 3.71. The van der Waals surface area contributed by atoms with Crippen molar-refractivity contribution in [2.75, 3.05) is 6.26 Å². The first-order valence-electron chi connectivity index (χ1n) is 5.27. The Morgan fingerprint density at radius 3 is 2.83 bits per heavy atom. The Morgan fingerprint density at radius 2 is 2.17 bits per heavy atom. The van der Waals surface area contributed by atoms with E-state index in [1.54, 1.807) is 18.4 Å². The van der Waals surface area contributed by atoms with Crippen LogP contribution in [0.3, 0.4) is 0 Å². The lowest BCUT2D eigenvalue weighted by Crippen LogP contribution is -1.97. The van der Waals surface area contributed by atoms with Gasteiger partial charge in [0.2, 0.25) is 0 Å². The van der Waals surface area contributed by atoms with Crippen molar-refractivity contribution in [2.45, 2.75) is 4.90 Å². The van der Waals surface area contributed by atoms with Gasteiger partial charge in [-0.15, -0.1) is 0 Å². The van der Waals surface area contributed by atoms with Gasteiger partial charge in [0.25, 0.3) is 0 Å². The second-order valence-corrected chi connectivity index (χ2v) is 6.06. The Labute approximate surface area is 103 Å². The third-order valence-corrected chi connectivity index (χ3v) is 3.74. The molecular formula is C12H10N2O3S. The lowest BCUT2D eigenvalue weighted by Gasteiger charge is -1.96. The van der Waals surface area contributed by atoms with Crippen LogP contribution in [0.25, 0.3) is 22.5 Å². The minimum atomic E-state index is -3.24. The number of furan rings is 1. The molecule has 0 spiro atoms. The van der Waals surface area contributed by atoms with Gasteiger partial charge in [-0.1, -0.05) is 0 Å². The molecule has 0 saturated heterocycles. The third kappa shape index (κ3) is 1.80. The van der Waals surface area contributed by atoms with E-state index >= 15 is 0 Å². The summed E-state index contributed by atoms with van der Waals surface area (Å²) in [4.78, 5) is 7.39. The van der Waals surface area contributed by atoms with Gasteiger partial charge in [-0.25, -0.2) is 13.4 Å². The van der Waals surface area contributed by atoms with Crippen LogP contribution < -0.4 is 0 Å². The zero-order valence-electron chi connectivity index (χ0n) is 9.54. The second-order valence-electron chi connectivity index (χ2n) is 4.04. The average molecular weight is 262 g/mol. The van der Waals surface area contributed by atoms with Crippen LogP contribution in [0.2, 0.25) is 0 Å². The van der Waals surface area contributed by atoms with E-state index in [9.17, 15) is 8.42 Å². The van der Waals surface area contributed by atoms with Gasteiger partial charge in [0.15, 0.2) is 9.84 Å². The summed E-state index contributed by atoms with van der Waals surface area (Å²) in [5, 5.41) is 0.740. The van der Waals surface area contributed by atoms with Crippen molar-refractivity contribution in [3.8, 4) is 11.5 Å². The molecule has 0 saturated carbocycles. The maximum absolute atomic E-state index is 11.4. The Balaban J connectivity index is 2.19. The number of hydrogen-bond donors (Lipinski definition) is 1. The summed E-state index contributed by atoms with van der Waals surface area (Å²) < 4.78 is 28.2. The van der Waals surface area contributed by atoms with E-state index in [1.165, 1.54) is 6.20 Å². The van der Waals surface area contributed by atoms with Gasteiger partial charge < -0.3 is 9.40 Å². The molecule has 0 aliphatic carbocycles. The Morgan fingerprint density at radius 1 is 1.33 bits per heavy atom. The van der Waals surface area contributed by atoms with Crippen LogP contribution in [0.1, 0.15) is 0 Å². The van der Waals surface area contributed by atoms with Gasteiger partial charge in [0, 0.05) is 17.8 Å². The fourth-order valence-electron chi connectivity index (χ4n) is 1.76. The van der Waals surface area contributed by atoms with Crippen LogP contribution in [-0.2, 0) is 9.84 Å². The molecule has 1 N–H and O–H groups in total. The zero-order chi connectivity index (χ0) is 12.8. The van der Waals surface area contributed by atoms with Crippen LogP contribution >= 0.6 is 0 Å². The third-order valence-electron chi connectivity index (χ3n) is 2.66. The summed E-state index contributed by atoms with van der Waals surface area (Å²) in [7, 11) is -3.24. The first kappa shape index (κ1) is 11.0. The summed E-state index contributed by atoms with van der Waals surface area (Å²) in [6.07, 6.45) is 4.09. The van der Waals surface area contributed by atoms with Crippen molar-refractivity contribution in [3.63, 3.8) is 0 Å². The molecule has 0 bridgehead atoms. The summed E-state index contributed by atoms with van der Waals surface area (Å²) in [6.45, 7) is 0. The molecule has 3 aromatic heterocycles. The average Bonchev–Trinajstić information content (AvgIpc) is 2.95. The number of H-pyrrole nitrogens is 1. The number of hydrogen-bond acceptors (Lipinski definition) is 4. The molecule has 18 heavy (non-hydrogen) atoms. The number of sulfone groups is 1. The largest absolute Gasteiger partial charge is 0.463 e. The van der Waals surface area contributed by atoms with E-state index in [2.05, 4.69) is 9.97 Å². The van der Waals surface area contributed by atoms with Crippen molar-refractivity contribution in [1.29, 1.82) is 0 Å². The maximum Gasteiger partial charge on any atom is 0.177 e. The Hall–Kier alpha value is -2.08. The molecule has 0 aromatic carbocycles. The summed E-state index contributed by atoms with van der Waals surface area (Å²) in [5.41, 5.74) is 1.40. The minimum Gasteiger partial charge on any atom is -0.463 e. The molecule has 3 rings (SSSR count). The van der Waals surface area contributed by atoms with Crippen LogP contribution in [0, 0.1) is 0 Å². The molecule has 0 unspecified atom stereocenters. The highest BCUT2D eigenvalue weighted by molar-refractivity contribution is 7.90. The summed E-state index contributed by atoms with van der Waals surface area (Å²) in [5.74, 6) is 0.689. The molecule has 92 valence electrons. The predicted molar refractivity (Wildman–Crippen MR) is 66.9 cm³/mol. The number of pyridine rings is 1. The maximum atomic E-state index is 11.4. The van der Waals surface area contributed by atoms with Crippen LogP contribution in [0.15, 0.2) is 46.0 Å². The molecule has 0 atom stereocenters. The lowest BCUT2D eigenvalue weighted by atomic mass is 10.3. The topological polar surface area (TPSA) is 76.0 Å². The Kier molecular flexibility index (Phi) is 2.27. The summed E-state index contributed by atoms with van der Waals surface area (Å²) in [6, 6.07) is 7.02. The number of nitrogens with zero attached hydrogens (tertiary/aromatic N) is 1. The highest BCUT2D eigenvalue weighted by Crippen LogP contribution is 2.24. The SMILES string of the molecule is CS(=O)(=O)c1cnc2[nH]c(-c3ccco3)cc2c1. The van der Waals surface area contributed by atoms with Crippen LogP contribution in [0.5, 0.6) is 0 Å². The molecule has 0 aliphatic heterocycles. The predicted octanol–water partition coefficient (Wildman–Crippen LogP) is 2.23. The smallest absolute Gasteiger partial charge is 0.177 e. The highest BCUT2D eigenvalue weighted by atomic mass is 32.2. The van der Waals surface area contributed by atoms with E-state index < -0.39 is 9.84 Å². The number of aromatic amines is 1. The fourth-order valence-corrected chi connectivity index (χ4v) is 2.35. The van der Waals surface area contributed by atoms with Crippen molar-refractivity contribution in [1.82, 2.24) is 9.97 Å². The standard InChI is InChI=1S/C12H10N2O3S/c1-18(15,16)9-5-8-6-10(11-3-2-4-17-11)14-12(8)13-7-9/h2-7H,1H3,(H,13,14). The summed E-state index contributed by atoms with van der Waals surface area (Å²) >= 11 is 0. The molecule has 0 amide bonds. The first-order valence-corrected chi connectivity index (χ1v) is 7.16. The molecule has 0 fully saturated rings. The van der Waals surface area contributed by atoms with Gasteiger partial charge >= 0.3 is 0 Å². The number of aromatic nitrogens is 2. The molecule has 6 heteroatoms. The van der Waals surface area contributed by atoms with Crippen molar-refractivity contribution < 1.29 is 12.8 Å². The highest BCUT2D eigenvalue weighted by Gasteiger charge is 2.11. The van der Waals surface area contributed by atoms with Gasteiger partial charge in [0.1, 0.15) is 11.4 Å². The van der Waals surface area contributed by atoms with Crippen molar-refractivity contribution >= 4 is 20.9 Å². The normalized spacial score (nSPS) is 12.1. The zero-order valence-corrected chi connectivity index (χ0v) is 10.4. The number of nitrogens with one attached hydrogen (secondary N) is 1. The molecule has 0 radical (unpaired) electrons. The van der Waals surface area contributed by atoms with Crippen molar-refractivity contribution in [3.05, 3.63) is 36.7 Å². The van der Waals surface area contributed by atoms with Gasteiger partial charge in [-0.05, 0) is 24.3 Å². The van der Waals surface area contributed by atoms with E-state index in [1.807, 2.05) is 12.1 Å². The van der Waals surface area contributed by atoms with E-state index in [0.29, 0.717) is 11.4 Å². The quantitative estimate of drug-likeness (QED) is 0.768. The van der Waals surface area contributed by atoms with Gasteiger partial charge in [-0.2, -0.15) is 0 Å². The molecular weight excluding hydrogens is 252 g/mol. The minimum absolute atomic E-state index is 0.208. The Bertz CT molecular complexity index is 801. The molecule has 0 aliphatic rings. The van der Waals surface area contributed by atoms with E-state index in [0.717, 1.165) is 17.3 Å². The first-order chi connectivity index (χ1) is 8.54. The van der Waals surface area contributed by atoms with Crippen LogP contribution in [-0.4, -0.2) is 24.6 Å². The van der Waals surface area contributed by atoms with Gasteiger partial charge in [-0.3, -0.25) is 0 Å². The van der Waals surface area contributed by atoms with E-state index in [-0.39, 0.29) is 4.90 Å². The monoisotopic (exact) mass is 262 g/mol. The fraction of sp³-hybridized carbons (Fsp3) is 0.0833. The van der Waals surface area contributed by atoms with Crippen LogP contribution in [0.4, 0.5) is 0 Å². The number of fused-ring (bicyclic) bond motifs is 1. The van der Waals surface area contributed by atoms with Crippen molar-refractivity contribution in [2.24, 2.45) is 0 Å².